The van der Waals surface area contributed by atoms with Gasteiger partial charge in [0.25, 0.3) is 5.91 Å². The molecule has 1 amide bonds. The molecule has 0 saturated heterocycles. The maximum absolute atomic E-state index is 13.3. The molecule has 3 N–H and O–H groups in total. The van der Waals surface area contributed by atoms with Gasteiger partial charge in [0.2, 0.25) is 0 Å². The molecule has 0 atom stereocenters. The number of aromatic nitrogens is 1. The number of hydrogen-bond acceptors (Lipinski definition) is 4. The van der Waals surface area contributed by atoms with Gasteiger partial charge in [-0.3, -0.25) is 9.78 Å². The number of benzene rings is 2. The predicted octanol–water partition coefficient (Wildman–Crippen LogP) is 5.61. The molecule has 35 heavy (non-hydrogen) atoms. The molecule has 0 saturated carbocycles. The number of halogens is 5. The molecule has 0 spiro atoms. The first-order valence-corrected chi connectivity index (χ1v) is 11.0. The van der Waals surface area contributed by atoms with Crippen molar-refractivity contribution >= 4 is 35.1 Å². The van der Waals surface area contributed by atoms with E-state index in [4.69, 9.17) is 38.8 Å². The highest BCUT2D eigenvalue weighted by Crippen LogP contribution is 2.40. The molecule has 0 radical (unpaired) electrons. The van der Waals surface area contributed by atoms with Gasteiger partial charge in [0, 0.05) is 40.0 Å². The molecular formula is C24H20Cl2F3N3O3. The molecule has 3 aromatic rings. The molecule has 0 fully saturated rings. The molecule has 2 heterocycles. The van der Waals surface area contributed by atoms with Crippen LogP contribution in [0.15, 0.2) is 48.5 Å². The number of aliphatic carboxylic acids is 1. The summed E-state index contributed by atoms with van der Waals surface area (Å²) in [4.78, 5) is 28.7. The van der Waals surface area contributed by atoms with E-state index in [1.807, 2.05) is 43.3 Å². The SMILES string of the molecule is Cc1nc2c(c(-c3ccc(Cl)cc3Cl)c1CN)C(=O)N(Cc1ccccc1)C2.O=C(O)C(F)(F)F. The summed E-state index contributed by atoms with van der Waals surface area (Å²) in [6.45, 7) is 3.18. The second kappa shape index (κ2) is 10.6. The van der Waals surface area contributed by atoms with Crippen LogP contribution >= 0.6 is 23.2 Å². The molecule has 0 unspecified atom stereocenters. The Bertz CT molecular complexity index is 1270. The first-order valence-electron chi connectivity index (χ1n) is 10.2. The Morgan fingerprint density at radius 2 is 1.77 bits per heavy atom. The topological polar surface area (TPSA) is 96.5 Å². The summed E-state index contributed by atoms with van der Waals surface area (Å²) in [5.41, 5.74) is 11.6. The lowest BCUT2D eigenvalue weighted by molar-refractivity contribution is -0.192. The second-order valence-electron chi connectivity index (χ2n) is 7.65. The second-order valence-corrected chi connectivity index (χ2v) is 8.49. The third-order valence-corrected chi connectivity index (χ3v) is 5.83. The highest BCUT2D eigenvalue weighted by atomic mass is 35.5. The van der Waals surface area contributed by atoms with Crippen molar-refractivity contribution in [3.05, 3.63) is 86.7 Å². The molecule has 2 aromatic carbocycles. The van der Waals surface area contributed by atoms with Crippen molar-refractivity contribution in [1.29, 1.82) is 0 Å². The van der Waals surface area contributed by atoms with Crippen LogP contribution in [-0.2, 0) is 24.4 Å². The van der Waals surface area contributed by atoms with Crippen molar-refractivity contribution in [2.75, 3.05) is 0 Å². The van der Waals surface area contributed by atoms with Crippen molar-refractivity contribution < 1.29 is 27.9 Å². The Kier molecular flexibility index (Phi) is 8.04. The van der Waals surface area contributed by atoms with Crippen molar-refractivity contribution in [2.24, 2.45) is 5.73 Å². The molecule has 6 nitrogen and oxygen atoms in total. The Morgan fingerprint density at radius 1 is 1.14 bits per heavy atom. The summed E-state index contributed by atoms with van der Waals surface area (Å²) in [5.74, 6) is -2.81. The van der Waals surface area contributed by atoms with Crippen molar-refractivity contribution in [3.8, 4) is 11.1 Å². The molecule has 4 rings (SSSR count). The van der Waals surface area contributed by atoms with Crippen molar-refractivity contribution in [1.82, 2.24) is 9.88 Å². The minimum absolute atomic E-state index is 0.0536. The zero-order valence-electron chi connectivity index (χ0n) is 18.4. The Hall–Kier alpha value is -3.14. The fourth-order valence-electron chi connectivity index (χ4n) is 3.73. The summed E-state index contributed by atoms with van der Waals surface area (Å²) < 4.78 is 31.7. The van der Waals surface area contributed by atoms with E-state index in [1.54, 1.807) is 17.0 Å². The summed E-state index contributed by atoms with van der Waals surface area (Å²) in [6, 6.07) is 15.2. The molecule has 184 valence electrons. The van der Waals surface area contributed by atoms with Crippen LogP contribution in [0.25, 0.3) is 11.1 Å². The molecule has 0 aliphatic carbocycles. The Balaban J connectivity index is 0.000000429. The zero-order valence-corrected chi connectivity index (χ0v) is 19.9. The van der Waals surface area contributed by atoms with Crippen LogP contribution in [0.5, 0.6) is 0 Å². The monoisotopic (exact) mass is 525 g/mol. The number of rotatable bonds is 4. The maximum atomic E-state index is 13.3. The first-order chi connectivity index (χ1) is 16.4. The number of alkyl halides is 3. The van der Waals surface area contributed by atoms with Crippen molar-refractivity contribution in [2.45, 2.75) is 32.7 Å². The number of nitrogens with two attached hydrogens (primary N) is 1. The quantitative estimate of drug-likeness (QED) is 0.461. The van der Waals surface area contributed by atoms with Gasteiger partial charge in [-0.05, 0) is 30.2 Å². The lowest BCUT2D eigenvalue weighted by Crippen LogP contribution is -2.23. The number of carboxylic acids is 1. The maximum Gasteiger partial charge on any atom is 0.490 e. The van der Waals surface area contributed by atoms with Crippen LogP contribution < -0.4 is 5.73 Å². The van der Waals surface area contributed by atoms with E-state index < -0.39 is 12.1 Å². The number of carboxylic acid groups (broad SMARTS) is 1. The number of carbonyl (C=O) groups is 2. The fourth-order valence-corrected chi connectivity index (χ4v) is 4.23. The van der Waals surface area contributed by atoms with Gasteiger partial charge in [-0.25, -0.2) is 4.79 Å². The van der Waals surface area contributed by atoms with Gasteiger partial charge in [-0.15, -0.1) is 0 Å². The van der Waals surface area contributed by atoms with E-state index in [1.165, 1.54) is 0 Å². The average Bonchev–Trinajstić information content (AvgIpc) is 3.08. The molecule has 11 heteroatoms. The highest BCUT2D eigenvalue weighted by molar-refractivity contribution is 6.36. The van der Waals surface area contributed by atoms with Crippen molar-refractivity contribution in [3.63, 3.8) is 0 Å². The standard InChI is InChI=1S/C22H19Cl2N3O.C2HF3O2/c1-13-17(10-25)20(16-8-7-15(23)9-18(16)24)21-19(26-13)12-27(22(21)28)11-14-5-3-2-4-6-14;3-2(4,5)1(6)7/h2-9H,10-12,25H2,1H3;(H,6,7). The number of fused-ring (bicyclic) bond motifs is 1. The van der Waals surface area contributed by atoms with Gasteiger partial charge in [-0.2, -0.15) is 13.2 Å². The molecule has 1 aliphatic heterocycles. The van der Waals surface area contributed by atoms with Gasteiger partial charge >= 0.3 is 12.1 Å². The molecule has 1 aliphatic rings. The van der Waals surface area contributed by atoms with Gasteiger partial charge in [0.05, 0.1) is 17.8 Å². The predicted molar refractivity (Wildman–Crippen MR) is 126 cm³/mol. The van der Waals surface area contributed by atoms with Gasteiger partial charge in [0.1, 0.15) is 0 Å². The Morgan fingerprint density at radius 3 is 2.31 bits per heavy atom. The fraction of sp³-hybridized carbons (Fsp3) is 0.208. The van der Waals surface area contributed by atoms with Crippen LogP contribution in [0.3, 0.4) is 0 Å². The van der Waals surface area contributed by atoms with Gasteiger partial charge in [-0.1, -0.05) is 59.6 Å². The summed E-state index contributed by atoms with van der Waals surface area (Å²) in [6.07, 6.45) is -5.08. The first kappa shape index (κ1) is 26.5. The number of pyridine rings is 1. The largest absolute Gasteiger partial charge is 0.490 e. The minimum atomic E-state index is -5.08. The zero-order chi connectivity index (χ0) is 25.9. The lowest BCUT2D eigenvalue weighted by Gasteiger charge is -2.17. The lowest BCUT2D eigenvalue weighted by atomic mass is 9.93. The third kappa shape index (κ3) is 5.93. The van der Waals surface area contributed by atoms with E-state index >= 15 is 0 Å². The van der Waals surface area contributed by atoms with E-state index in [9.17, 15) is 18.0 Å². The number of aryl methyl sites for hydroxylation is 1. The summed E-state index contributed by atoms with van der Waals surface area (Å²) in [7, 11) is 0. The van der Waals surface area contributed by atoms with Crippen LogP contribution in [0.2, 0.25) is 10.0 Å². The number of nitrogens with zero attached hydrogens (tertiary/aromatic N) is 2. The smallest absolute Gasteiger partial charge is 0.475 e. The number of carbonyl (C=O) groups excluding carboxylic acids is 1. The van der Waals surface area contributed by atoms with E-state index in [-0.39, 0.29) is 12.5 Å². The van der Waals surface area contributed by atoms with Crippen LogP contribution in [-0.4, -0.2) is 33.0 Å². The number of amides is 1. The molecule has 1 aromatic heterocycles. The van der Waals surface area contributed by atoms with E-state index in [0.29, 0.717) is 28.7 Å². The summed E-state index contributed by atoms with van der Waals surface area (Å²) >= 11 is 12.6. The normalized spacial score (nSPS) is 12.8. The van der Waals surface area contributed by atoms with Crippen LogP contribution in [0.1, 0.15) is 32.9 Å². The third-order valence-electron chi connectivity index (χ3n) is 5.28. The average molecular weight is 526 g/mol. The van der Waals surface area contributed by atoms with E-state index in [2.05, 4.69) is 4.98 Å². The minimum Gasteiger partial charge on any atom is -0.475 e. The summed E-state index contributed by atoms with van der Waals surface area (Å²) in [5, 5.41) is 8.16. The van der Waals surface area contributed by atoms with Gasteiger partial charge in [0.15, 0.2) is 0 Å². The number of hydrogen-bond donors (Lipinski definition) is 2. The van der Waals surface area contributed by atoms with Crippen LogP contribution in [0, 0.1) is 6.92 Å². The molecular weight excluding hydrogens is 506 g/mol. The van der Waals surface area contributed by atoms with Gasteiger partial charge < -0.3 is 15.7 Å². The highest BCUT2D eigenvalue weighted by Gasteiger charge is 2.38. The van der Waals surface area contributed by atoms with E-state index in [0.717, 1.165) is 33.6 Å². The Labute approximate surface area is 209 Å². The molecule has 0 bridgehead atoms. The van der Waals surface area contributed by atoms with Crippen LogP contribution in [0.4, 0.5) is 13.2 Å².